The number of nitrogens with one attached hydrogen (secondary N) is 1. The molecule has 166 valence electrons. The quantitative estimate of drug-likeness (QED) is 0.594. The van der Waals surface area contributed by atoms with Gasteiger partial charge in [-0.2, -0.15) is 0 Å². The first-order valence-electron chi connectivity index (χ1n) is 11.2. The average molecular weight is 423 g/mol. The van der Waals surface area contributed by atoms with Gasteiger partial charge in [-0.15, -0.1) is 0 Å². The van der Waals surface area contributed by atoms with Crippen LogP contribution in [0.3, 0.4) is 0 Å². The van der Waals surface area contributed by atoms with Gasteiger partial charge >= 0.3 is 0 Å². The van der Waals surface area contributed by atoms with E-state index >= 15 is 0 Å². The van der Waals surface area contributed by atoms with Crippen molar-refractivity contribution in [3.8, 4) is 22.8 Å². The maximum Gasteiger partial charge on any atom is 0.120 e. The summed E-state index contributed by atoms with van der Waals surface area (Å²) in [6, 6.07) is 14.7. The smallest absolute Gasteiger partial charge is 0.120 e. The predicted molar refractivity (Wildman–Crippen MR) is 129 cm³/mol. The van der Waals surface area contributed by atoms with E-state index in [1.165, 1.54) is 22.2 Å². The van der Waals surface area contributed by atoms with Crippen LogP contribution in [0, 0.1) is 0 Å². The number of hydrogen-bond donors (Lipinski definition) is 1. The predicted octanol–water partition coefficient (Wildman–Crippen LogP) is 4.00. The van der Waals surface area contributed by atoms with Gasteiger partial charge in [0.15, 0.2) is 0 Å². The molecule has 4 rings (SSSR count). The molecule has 1 aliphatic heterocycles. The van der Waals surface area contributed by atoms with Gasteiger partial charge < -0.3 is 24.3 Å². The first-order chi connectivity index (χ1) is 15.1. The molecular weight excluding hydrogens is 388 g/mol. The lowest BCUT2D eigenvalue weighted by molar-refractivity contribution is 0.134. The lowest BCUT2D eigenvalue weighted by atomic mass is 10.1. The lowest BCUT2D eigenvalue weighted by Crippen LogP contribution is -2.45. The summed E-state index contributed by atoms with van der Waals surface area (Å²) < 4.78 is 13.8. The van der Waals surface area contributed by atoms with E-state index in [1.54, 1.807) is 7.11 Å². The van der Waals surface area contributed by atoms with Crippen molar-refractivity contribution in [2.75, 3.05) is 65.9 Å². The lowest BCUT2D eigenvalue weighted by Gasteiger charge is -2.32. The van der Waals surface area contributed by atoms with E-state index < -0.39 is 0 Å². The molecule has 1 fully saturated rings. The molecule has 1 aliphatic rings. The van der Waals surface area contributed by atoms with Crippen molar-refractivity contribution in [2.24, 2.45) is 0 Å². The molecule has 1 aromatic heterocycles. The van der Waals surface area contributed by atoms with Crippen LogP contribution in [0.15, 0.2) is 42.5 Å². The van der Waals surface area contributed by atoms with Crippen LogP contribution in [0.25, 0.3) is 22.2 Å². The minimum Gasteiger partial charge on any atom is -0.497 e. The number of aryl methyl sites for hydroxylation is 1. The Bertz CT molecular complexity index is 1000. The Morgan fingerprint density at radius 2 is 1.68 bits per heavy atom. The Morgan fingerprint density at radius 3 is 2.32 bits per heavy atom. The Morgan fingerprint density at radius 1 is 0.968 bits per heavy atom. The molecule has 3 aromatic rings. The third-order valence-electron chi connectivity index (χ3n) is 6.24. The molecule has 0 saturated carbocycles. The highest BCUT2D eigenvalue weighted by molar-refractivity contribution is 6.02. The Kier molecular flexibility index (Phi) is 6.68. The van der Waals surface area contributed by atoms with Crippen LogP contribution >= 0.6 is 0 Å². The number of likely N-dealkylation sites (N-methyl/N-ethyl adjacent to an activating group) is 1. The van der Waals surface area contributed by atoms with Crippen molar-refractivity contribution < 1.29 is 9.47 Å². The van der Waals surface area contributed by atoms with E-state index in [0.29, 0.717) is 0 Å². The second-order valence-corrected chi connectivity index (χ2v) is 8.12. The molecular formula is C25H34N4O2. The summed E-state index contributed by atoms with van der Waals surface area (Å²) in [4.78, 5) is 4.85. The highest BCUT2D eigenvalue weighted by atomic mass is 16.5. The Labute approximate surface area is 185 Å². The Hall–Kier alpha value is -2.70. The Balaban J connectivity index is 1.52. The topological polar surface area (TPSA) is 41.9 Å². The van der Waals surface area contributed by atoms with E-state index in [2.05, 4.69) is 70.1 Å². The van der Waals surface area contributed by atoms with Crippen LogP contribution in [0.2, 0.25) is 0 Å². The van der Waals surface area contributed by atoms with Gasteiger partial charge in [0.25, 0.3) is 0 Å². The third kappa shape index (κ3) is 4.50. The van der Waals surface area contributed by atoms with Crippen LogP contribution in [0.4, 0.5) is 5.69 Å². The highest BCUT2D eigenvalue weighted by Crippen LogP contribution is 2.39. The van der Waals surface area contributed by atoms with Gasteiger partial charge in [0.05, 0.1) is 24.0 Å². The molecule has 2 aromatic carbocycles. The van der Waals surface area contributed by atoms with Crippen LogP contribution in [0.5, 0.6) is 11.5 Å². The molecule has 31 heavy (non-hydrogen) atoms. The van der Waals surface area contributed by atoms with E-state index in [0.717, 1.165) is 63.1 Å². The molecule has 0 unspecified atom stereocenters. The summed E-state index contributed by atoms with van der Waals surface area (Å²) in [6.07, 6.45) is 0. The van der Waals surface area contributed by atoms with Gasteiger partial charge in [-0.05, 0) is 50.4 Å². The van der Waals surface area contributed by atoms with Crippen molar-refractivity contribution in [3.63, 3.8) is 0 Å². The summed E-state index contributed by atoms with van der Waals surface area (Å²) >= 11 is 0. The number of methoxy groups -OCH3 is 1. The van der Waals surface area contributed by atoms with Crippen molar-refractivity contribution in [1.82, 2.24) is 14.4 Å². The van der Waals surface area contributed by atoms with Gasteiger partial charge in [0.1, 0.15) is 18.1 Å². The average Bonchev–Trinajstić information content (AvgIpc) is 3.13. The molecule has 6 heteroatoms. The number of ether oxygens (including phenoxy) is 2. The van der Waals surface area contributed by atoms with Gasteiger partial charge in [0, 0.05) is 63.3 Å². The standard InChI is InChI=1S/C25H34N4O2/c1-5-29-23-18-21(30-4)10-11-22(23)24(26-2)25(29)19-6-8-20(9-7-19)31-17-16-28-14-12-27(3)13-15-28/h6-11,18,26H,5,12-17H2,1-4H3. The summed E-state index contributed by atoms with van der Waals surface area (Å²) in [5.41, 5.74) is 4.68. The number of piperazine rings is 1. The summed E-state index contributed by atoms with van der Waals surface area (Å²) in [5, 5.41) is 4.62. The molecule has 0 aliphatic carbocycles. The molecule has 1 saturated heterocycles. The number of aromatic nitrogens is 1. The number of fused-ring (bicyclic) bond motifs is 1. The van der Waals surface area contributed by atoms with Crippen LogP contribution in [-0.2, 0) is 6.54 Å². The van der Waals surface area contributed by atoms with Crippen molar-refractivity contribution in [2.45, 2.75) is 13.5 Å². The first-order valence-corrected chi connectivity index (χ1v) is 11.2. The van der Waals surface area contributed by atoms with Crippen LogP contribution < -0.4 is 14.8 Å². The van der Waals surface area contributed by atoms with E-state index in [4.69, 9.17) is 9.47 Å². The molecule has 0 atom stereocenters. The summed E-state index contributed by atoms with van der Waals surface area (Å²) in [5.74, 6) is 1.79. The molecule has 1 N–H and O–H groups in total. The fraction of sp³-hybridized carbons (Fsp3) is 0.440. The van der Waals surface area contributed by atoms with Crippen LogP contribution in [0.1, 0.15) is 6.92 Å². The van der Waals surface area contributed by atoms with Gasteiger partial charge in [0.2, 0.25) is 0 Å². The molecule has 0 amide bonds. The summed E-state index contributed by atoms with van der Waals surface area (Å²) in [6.45, 7) is 9.28. The number of benzene rings is 2. The number of rotatable bonds is 8. The number of anilines is 1. The molecule has 6 nitrogen and oxygen atoms in total. The molecule has 0 radical (unpaired) electrons. The zero-order valence-corrected chi connectivity index (χ0v) is 19.1. The monoisotopic (exact) mass is 422 g/mol. The van der Waals surface area contributed by atoms with Crippen molar-refractivity contribution in [3.05, 3.63) is 42.5 Å². The van der Waals surface area contributed by atoms with Crippen molar-refractivity contribution >= 4 is 16.6 Å². The number of nitrogens with zero attached hydrogens (tertiary/aromatic N) is 3. The SMILES string of the molecule is CCn1c(-c2ccc(OCCN3CCN(C)CC3)cc2)c(NC)c2ccc(OC)cc21. The van der Waals surface area contributed by atoms with E-state index in [9.17, 15) is 0 Å². The second kappa shape index (κ2) is 9.62. The minimum atomic E-state index is 0.722. The maximum atomic E-state index is 6.03. The molecule has 0 spiro atoms. The van der Waals surface area contributed by atoms with E-state index in [1.807, 2.05) is 13.1 Å². The van der Waals surface area contributed by atoms with Gasteiger partial charge in [-0.1, -0.05) is 0 Å². The molecule has 2 heterocycles. The first kappa shape index (κ1) is 21.5. The zero-order chi connectivity index (χ0) is 21.8. The van der Waals surface area contributed by atoms with Crippen LogP contribution in [-0.4, -0.2) is 74.9 Å². The van der Waals surface area contributed by atoms with Gasteiger partial charge in [-0.3, -0.25) is 4.90 Å². The van der Waals surface area contributed by atoms with Gasteiger partial charge in [-0.25, -0.2) is 0 Å². The highest BCUT2D eigenvalue weighted by Gasteiger charge is 2.18. The normalized spacial score (nSPS) is 15.4. The maximum absolute atomic E-state index is 6.03. The second-order valence-electron chi connectivity index (χ2n) is 8.12. The molecule has 0 bridgehead atoms. The van der Waals surface area contributed by atoms with E-state index in [-0.39, 0.29) is 0 Å². The fourth-order valence-electron chi connectivity index (χ4n) is 4.41. The third-order valence-corrected chi connectivity index (χ3v) is 6.24. The number of hydrogen-bond acceptors (Lipinski definition) is 5. The minimum absolute atomic E-state index is 0.722. The largest absolute Gasteiger partial charge is 0.497 e. The van der Waals surface area contributed by atoms with Crippen molar-refractivity contribution in [1.29, 1.82) is 0 Å². The summed E-state index contributed by atoms with van der Waals surface area (Å²) in [7, 11) is 5.88. The fourth-order valence-corrected chi connectivity index (χ4v) is 4.41. The zero-order valence-electron chi connectivity index (χ0n) is 19.1.